The molecular formula is C16H34. The molecule has 0 aliphatic carbocycles. The van der Waals surface area contributed by atoms with Gasteiger partial charge in [-0.25, -0.2) is 0 Å². The van der Waals surface area contributed by atoms with Crippen LogP contribution in [0.1, 0.15) is 92.4 Å². The van der Waals surface area contributed by atoms with Crippen molar-refractivity contribution in [2.24, 2.45) is 11.3 Å². The van der Waals surface area contributed by atoms with Crippen molar-refractivity contribution in [3.8, 4) is 0 Å². The van der Waals surface area contributed by atoms with Gasteiger partial charge in [0.2, 0.25) is 0 Å². The van der Waals surface area contributed by atoms with Crippen molar-refractivity contribution in [3.05, 3.63) is 0 Å². The van der Waals surface area contributed by atoms with Gasteiger partial charge in [0.15, 0.2) is 0 Å². The summed E-state index contributed by atoms with van der Waals surface area (Å²) in [7, 11) is 0. The molecule has 0 aromatic heterocycles. The van der Waals surface area contributed by atoms with Gasteiger partial charge in [0.05, 0.1) is 0 Å². The molecule has 0 bridgehead atoms. The van der Waals surface area contributed by atoms with Crippen LogP contribution in [-0.4, -0.2) is 0 Å². The summed E-state index contributed by atoms with van der Waals surface area (Å²) < 4.78 is 0. The molecule has 0 rings (SSSR count). The molecule has 0 saturated heterocycles. The summed E-state index contributed by atoms with van der Waals surface area (Å²) >= 11 is 0. The molecule has 0 spiro atoms. The second kappa shape index (κ2) is 9.07. The van der Waals surface area contributed by atoms with Crippen molar-refractivity contribution in [2.75, 3.05) is 0 Å². The van der Waals surface area contributed by atoms with E-state index in [-0.39, 0.29) is 0 Å². The minimum Gasteiger partial charge on any atom is -0.0654 e. The highest BCUT2D eigenvalue weighted by Gasteiger charge is 2.15. The zero-order valence-electron chi connectivity index (χ0n) is 12.4. The Labute approximate surface area is 104 Å². The lowest BCUT2D eigenvalue weighted by Crippen LogP contribution is -2.10. The van der Waals surface area contributed by atoms with E-state index in [9.17, 15) is 0 Å². The minimum absolute atomic E-state index is 0.591. The standard InChI is InChI=1S/C16H34/c1-6-7-13-16(4,5)14-11-9-8-10-12-15(2)3/h15H,6-14H2,1-5H3. The zero-order valence-corrected chi connectivity index (χ0v) is 12.4. The average Bonchev–Trinajstić information content (AvgIpc) is 2.20. The molecule has 0 amide bonds. The highest BCUT2D eigenvalue weighted by molar-refractivity contribution is 4.68. The van der Waals surface area contributed by atoms with Gasteiger partial charge in [0, 0.05) is 0 Å². The van der Waals surface area contributed by atoms with Crippen molar-refractivity contribution in [1.82, 2.24) is 0 Å². The molecule has 0 nitrogen and oxygen atoms in total. The summed E-state index contributed by atoms with van der Waals surface area (Å²) in [5, 5.41) is 0. The Morgan fingerprint density at radius 2 is 1.38 bits per heavy atom. The Balaban J connectivity index is 3.35. The van der Waals surface area contributed by atoms with Crippen molar-refractivity contribution >= 4 is 0 Å². The van der Waals surface area contributed by atoms with Gasteiger partial charge in [-0.3, -0.25) is 0 Å². The Bertz CT molecular complexity index is 144. The van der Waals surface area contributed by atoms with Crippen LogP contribution in [0.4, 0.5) is 0 Å². The maximum absolute atomic E-state index is 2.44. The molecule has 0 saturated carbocycles. The Morgan fingerprint density at radius 3 is 1.94 bits per heavy atom. The number of rotatable bonds is 10. The van der Waals surface area contributed by atoms with Gasteiger partial charge < -0.3 is 0 Å². The summed E-state index contributed by atoms with van der Waals surface area (Å²) in [6.45, 7) is 11.8. The lowest BCUT2D eigenvalue weighted by molar-refractivity contribution is 0.285. The second-order valence-electron chi connectivity index (χ2n) is 6.61. The lowest BCUT2D eigenvalue weighted by Gasteiger charge is -2.24. The molecule has 16 heavy (non-hydrogen) atoms. The monoisotopic (exact) mass is 226 g/mol. The average molecular weight is 226 g/mol. The van der Waals surface area contributed by atoms with Crippen molar-refractivity contribution < 1.29 is 0 Å². The van der Waals surface area contributed by atoms with Gasteiger partial charge >= 0.3 is 0 Å². The normalized spacial score (nSPS) is 12.4. The predicted octanol–water partition coefficient (Wildman–Crippen LogP) is 6.20. The first-order valence-electron chi connectivity index (χ1n) is 7.48. The molecule has 0 heterocycles. The van der Waals surface area contributed by atoms with Crippen molar-refractivity contribution in [2.45, 2.75) is 92.4 Å². The highest BCUT2D eigenvalue weighted by Crippen LogP contribution is 2.29. The van der Waals surface area contributed by atoms with E-state index >= 15 is 0 Å². The molecule has 0 fully saturated rings. The summed E-state index contributed by atoms with van der Waals surface area (Å²) in [4.78, 5) is 0. The van der Waals surface area contributed by atoms with Crippen LogP contribution in [0.25, 0.3) is 0 Å². The van der Waals surface area contributed by atoms with Gasteiger partial charge in [-0.1, -0.05) is 79.6 Å². The molecule has 0 atom stereocenters. The molecule has 98 valence electrons. The van der Waals surface area contributed by atoms with Crippen LogP contribution in [0.2, 0.25) is 0 Å². The van der Waals surface area contributed by atoms with Gasteiger partial charge in [-0.05, 0) is 24.2 Å². The van der Waals surface area contributed by atoms with Crippen LogP contribution < -0.4 is 0 Å². The SMILES string of the molecule is CCCCC(C)(C)CCCCCCC(C)C. The third-order valence-electron chi connectivity index (χ3n) is 3.59. The zero-order chi connectivity index (χ0) is 12.4. The van der Waals surface area contributed by atoms with Crippen LogP contribution >= 0.6 is 0 Å². The van der Waals surface area contributed by atoms with Crippen LogP contribution in [0.15, 0.2) is 0 Å². The topological polar surface area (TPSA) is 0 Å². The Morgan fingerprint density at radius 1 is 0.812 bits per heavy atom. The van der Waals surface area contributed by atoms with E-state index in [1.807, 2.05) is 0 Å². The molecule has 0 N–H and O–H groups in total. The fraction of sp³-hybridized carbons (Fsp3) is 1.00. The van der Waals surface area contributed by atoms with Gasteiger partial charge in [-0.15, -0.1) is 0 Å². The molecule has 0 aliphatic heterocycles. The molecule has 0 heteroatoms. The molecular weight excluding hydrogens is 192 g/mol. The lowest BCUT2D eigenvalue weighted by atomic mass is 9.82. The van der Waals surface area contributed by atoms with Crippen LogP contribution in [-0.2, 0) is 0 Å². The van der Waals surface area contributed by atoms with Crippen LogP contribution in [0.3, 0.4) is 0 Å². The van der Waals surface area contributed by atoms with E-state index in [0.29, 0.717) is 5.41 Å². The fourth-order valence-electron chi connectivity index (χ4n) is 2.29. The van der Waals surface area contributed by atoms with Gasteiger partial charge in [0.25, 0.3) is 0 Å². The van der Waals surface area contributed by atoms with E-state index in [4.69, 9.17) is 0 Å². The highest BCUT2D eigenvalue weighted by atomic mass is 14.2. The third kappa shape index (κ3) is 10.5. The largest absolute Gasteiger partial charge is 0.0654 e. The third-order valence-corrected chi connectivity index (χ3v) is 3.59. The second-order valence-corrected chi connectivity index (χ2v) is 6.61. The van der Waals surface area contributed by atoms with Crippen LogP contribution in [0.5, 0.6) is 0 Å². The number of unbranched alkanes of at least 4 members (excludes halogenated alkanes) is 4. The Kier molecular flexibility index (Phi) is 9.07. The molecule has 0 aromatic rings. The molecule has 0 unspecified atom stereocenters. The summed E-state index contributed by atoms with van der Waals surface area (Å²) in [5.41, 5.74) is 0.591. The number of hydrogen-bond donors (Lipinski definition) is 0. The van der Waals surface area contributed by atoms with E-state index < -0.39 is 0 Å². The summed E-state index contributed by atoms with van der Waals surface area (Å²) in [6.07, 6.45) is 12.8. The first kappa shape index (κ1) is 16.0. The van der Waals surface area contributed by atoms with Crippen molar-refractivity contribution in [1.29, 1.82) is 0 Å². The van der Waals surface area contributed by atoms with Crippen molar-refractivity contribution in [3.63, 3.8) is 0 Å². The minimum atomic E-state index is 0.591. The van der Waals surface area contributed by atoms with Crippen LogP contribution in [0, 0.1) is 11.3 Å². The van der Waals surface area contributed by atoms with E-state index in [2.05, 4.69) is 34.6 Å². The Hall–Kier alpha value is 0. The molecule has 0 aromatic carbocycles. The smallest absolute Gasteiger partial charge is 0.0354 e. The van der Waals surface area contributed by atoms with E-state index in [1.54, 1.807) is 0 Å². The van der Waals surface area contributed by atoms with E-state index in [0.717, 1.165) is 5.92 Å². The number of hydrogen-bond acceptors (Lipinski definition) is 0. The molecule has 0 radical (unpaired) electrons. The van der Waals surface area contributed by atoms with E-state index in [1.165, 1.54) is 57.8 Å². The maximum Gasteiger partial charge on any atom is -0.0354 e. The predicted molar refractivity (Wildman–Crippen MR) is 75.8 cm³/mol. The first-order valence-corrected chi connectivity index (χ1v) is 7.48. The summed E-state index contributed by atoms with van der Waals surface area (Å²) in [5.74, 6) is 0.890. The van der Waals surface area contributed by atoms with Gasteiger partial charge in [0.1, 0.15) is 0 Å². The quantitative estimate of drug-likeness (QED) is 0.389. The van der Waals surface area contributed by atoms with Gasteiger partial charge in [-0.2, -0.15) is 0 Å². The molecule has 0 aliphatic rings. The maximum atomic E-state index is 2.44. The summed E-state index contributed by atoms with van der Waals surface area (Å²) in [6, 6.07) is 0. The first-order chi connectivity index (χ1) is 7.48. The fourth-order valence-corrected chi connectivity index (χ4v) is 2.29.